The van der Waals surface area contributed by atoms with Gasteiger partial charge in [-0.05, 0) is 62.6 Å². The van der Waals surface area contributed by atoms with E-state index in [0.29, 0.717) is 10.6 Å². The number of fused-ring (bicyclic) bond motifs is 1. The van der Waals surface area contributed by atoms with Gasteiger partial charge in [0.1, 0.15) is 0 Å². The van der Waals surface area contributed by atoms with Gasteiger partial charge < -0.3 is 5.32 Å². The molecule has 0 radical (unpaired) electrons. The maximum absolute atomic E-state index is 12.9. The number of pyridine rings is 1. The fourth-order valence-electron chi connectivity index (χ4n) is 2.80. The van der Waals surface area contributed by atoms with E-state index in [-0.39, 0.29) is 5.91 Å². The van der Waals surface area contributed by atoms with Crippen LogP contribution >= 0.6 is 11.6 Å². The molecule has 3 aromatic rings. The molecule has 0 bridgehead atoms. The highest BCUT2D eigenvalue weighted by molar-refractivity contribution is 6.32. The SMILES string of the molecule is Cc1cc(C(=O)Nc2cccc(C)c2C)c2ccc(Cl)c(C)c2n1. The number of aryl methyl sites for hydroxylation is 3. The summed E-state index contributed by atoms with van der Waals surface area (Å²) in [6, 6.07) is 11.4. The molecule has 3 nitrogen and oxygen atoms in total. The molecular formula is C20H19ClN2O. The van der Waals surface area contributed by atoms with Gasteiger partial charge in [0.15, 0.2) is 0 Å². The van der Waals surface area contributed by atoms with Gasteiger partial charge in [0.2, 0.25) is 0 Å². The van der Waals surface area contributed by atoms with Crippen LogP contribution in [-0.4, -0.2) is 10.9 Å². The van der Waals surface area contributed by atoms with Crippen LogP contribution in [0.4, 0.5) is 5.69 Å². The monoisotopic (exact) mass is 338 g/mol. The Labute approximate surface area is 146 Å². The van der Waals surface area contributed by atoms with E-state index < -0.39 is 0 Å². The lowest BCUT2D eigenvalue weighted by molar-refractivity contribution is 0.102. The van der Waals surface area contributed by atoms with Crippen molar-refractivity contribution in [1.82, 2.24) is 4.98 Å². The van der Waals surface area contributed by atoms with E-state index in [0.717, 1.165) is 39.0 Å². The molecule has 3 rings (SSSR count). The van der Waals surface area contributed by atoms with Gasteiger partial charge in [-0.2, -0.15) is 0 Å². The Balaban J connectivity index is 2.10. The number of carbonyl (C=O) groups excluding carboxylic acids is 1. The Bertz CT molecular complexity index is 964. The van der Waals surface area contributed by atoms with E-state index in [9.17, 15) is 4.79 Å². The first kappa shape index (κ1) is 16.5. The van der Waals surface area contributed by atoms with Gasteiger partial charge in [-0.25, -0.2) is 0 Å². The molecule has 4 heteroatoms. The third kappa shape index (κ3) is 2.87. The number of aromatic nitrogens is 1. The van der Waals surface area contributed by atoms with Crippen LogP contribution in [-0.2, 0) is 0 Å². The number of amides is 1. The summed E-state index contributed by atoms with van der Waals surface area (Å²) in [5, 5.41) is 4.49. The normalized spacial score (nSPS) is 10.9. The Morgan fingerprint density at radius 2 is 1.79 bits per heavy atom. The minimum Gasteiger partial charge on any atom is -0.322 e. The molecule has 122 valence electrons. The van der Waals surface area contributed by atoms with Crippen LogP contribution in [0, 0.1) is 27.7 Å². The second-order valence-electron chi connectivity index (χ2n) is 6.08. The van der Waals surface area contributed by atoms with Crippen LogP contribution in [0.2, 0.25) is 5.02 Å². The molecule has 24 heavy (non-hydrogen) atoms. The van der Waals surface area contributed by atoms with Crippen molar-refractivity contribution in [2.24, 2.45) is 0 Å². The zero-order valence-electron chi connectivity index (χ0n) is 14.2. The molecule has 0 atom stereocenters. The number of hydrogen-bond donors (Lipinski definition) is 1. The lowest BCUT2D eigenvalue weighted by atomic mass is 10.0. The average Bonchev–Trinajstić information content (AvgIpc) is 2.55. The number of halogens is 1. The average molecular weight is 339 g/mol. The van der Waals surface area contributed by atoms with Gasteiger partial charge in [0, 0.05) is 21.8 Å². The molecular weight excluding hydrogens is 320 g/mol. The highest BCUT2D eigenvalue weighted by Gasteiger charge is 2.15. The summed E-state index contributed by atoms with van der Waals surface area (Å²) in [5.41, 5.74) is 6.10. The van der Waals surface area contributed by atoms with Crippen LogP contribution < -0.4 is 5.32 Å². The molecule has 1 heterocycles. The third-order valence-corrected chi connectivity index (χ3v) is 4.80. The van der Waals surface area contributed by atoms with Gasteiger partial charge in [-0.1, -0.05) is 29.8 Å². The maximum atomic E-state index is 12.9. The maximum Gasteiger partial charge on any atom is 0.256 e. The smallest absolute Gasteiger partial charge is 0.256 e. The Morgan fingerprint density at radius 3 is 2.54 bits per heavy atom. The molecule has 0 aliphatic rings. The molecule has 0 saturated carbocycles. The predicted octanol–water partition coefficient (Wildman–Crippen LogP) is 5.37. The van der Waals surface area contributed by atoms with E-state index in [1.165, 1.54) is 0 Å². The van der Waals surface area contributed by atoms with Crippen molar-refractivity contribution in [2.75, 3.05) is 5.32 Å². The molecule has 2 aromatic carbocycles. The Morgan fingerprint density at radius 1 is 1.04 bits per heavy atom. The van der Waals surface area contributed by atoms with Crippen molar-refractivity contribution in [2.45, 2.75) is 27.7 Å². The highest BCUT2D eigenvalue weighted by atomic mass is 35.5. The summed E-state index contributed by atoms with van der Waals surface area (Å²) in [6.45, 7) is 7.84. The Hall–Kier alpha value is -2.39. The van der Waals surface area contributed by atoms with Crippen molar-refractivity contribution >= 4 is 34.1 Å². The molecule has 0 unspecified atom stereocenters. The fraction of sp³-hybridized carbons (Fsp3) is 0.200. The molecule has 0 saturated heterocycles. The first-order chi connectivity index (χ1) is 11.4. The van der Waals surface area contributed by atoms with Gasteiger partial charge >= 0.3 is 0 Å². The first-order valence-electron chi connectivity index (χ1n) is 7.82. The number of nitrogens with one attached hydrogen (secondary N) is 1. The van der Waals surface area contributed by atoms with Crippen LogP contribution in [0.15, 0.2) is 36.4 Å². The Kier molecular flexibility index (Phi) is 4.29. The van der Waals surface area contributed by atoms with E-state index in [1.807, 2.05) is 64.1 Å². The number of carbonyl (C=O) groups is 1. The summed E-state index contributed by atoms with van der Waals surface area (Å²) in [5.74, 6) is -0.138. The van der Waals surface area contributed by atoms with E-state index in [2.05, 4.69) is 10.3 Å². The summed E-state index contributed by atoms with van der Waals surface area (Å²) in [6.07, 6.45) is 0. The standard InChI is InChI=1S/C20H19ClN2O/c1-11-6-5-7-18(13(11)3)23-20(24)16-10-12(2)22-19-14(4)17(21)9-8-15(16)19/h5-10H,1-4H3,(H,23,24). The molecule has 1 aromatic heterocycles. The lowest BCUT2D eigenvalue weighted by Crippen LogP contribution is -2.14. The van der Waals surface area contributed by atoms with Crippen LogP contribution in [0.25, 0.3) is 10.9 Å². The number of nitrogens with zero attached hydrogens (tertiary/aromatic N) is 1. The topological polar surface area (TPSA) is 42.0 Å². The zero-order valence-corrected chi connectivity index (χ0v) is 15.0. The molecule has 0 aliphatic heterocycles. The molecule has 1 amide bonds. The van der Waals surface area contributed by atoms with E-state index in [1.54, 1.807) is 0 Å². The number of hydrogen-bond acceptors (Lipinski definition) is 2. The second kappa shape index (κ2) is 6.25. The lowest BCUT2D eigenvalue weighted by Gasteiger charge is -2.13. The summed E-state index contributed by atoms with van der Waals surface area (Å²) in [4.78, 5) is 17.4. The first-order valence-corrected chi connectivity index (χ1v) is 8.20. The second-order valence-corrected chi connectivity index (χ2v) is 6.49. The highest BCUT2D eigenvalue weighted by Crippen LogP contribution is 2.28. The van der Waals surface area contributed by atoms with E-state index in [4.69, 9.17) is 11.6 Å². The van der Waals surface area contributed by atoms with Crippen LogP contribution in [0.5, 0.6) is 0 Å². The molecule has 0 aliphatic carbocycles. The van der Waals surface area contributed by atoms with Crippen molar-refractivity contribution in [1.29, 1.82) is 0 Å². The van der Waals surface area contributed by atoms with E-state index >= 15 is 0 Å². The quantitative estimate of drug-likeness (QED) is 0.682. The van der Waals surface area contributed by atoms with Gasteiger partial charge in [-0.15, -0.1) is 0 Å². The third-order valence-electron chi connectivity index (χ3n) is 4.39. The van der Waals surface area contributed by atoms with Gasteiger partial charge in [0.05, 0.1) is 11.1 Å². The number of benzene rings is 2. The van der Waals surface area contributed by atoms with Crippen molar-refractivity contribution < 1.29 is 4.79 Å². The minimum atomic E-state index is -0.138. The van der Waals surface area contributed by atoms with Crippen molar-refractivity contribution in [3.63, 3.8) is 0 Å². The summed E-state index contributed by atoms with van der Waals surface area (Å²) < 4.78 is 0. The van der Waals surface area contributed by atoms with Crippen LogP contribution in [0.3, 0.4) is 0 Å². The molecule has 1 N–H and O–H groups in total. The molecule has 0 fully saturated rings. The largest absolute Gasteiger partial charge is 0.322 e. The number of rotatable bonds is 2. The minimum absolute atomic E-state index is 0.138. The van der Waals surface area contributed by atoms with Crippen molar-refractivity contribution in [3.8, 4) is 0 Å². The fourth-order valence-corrected chi connectivity index (χ4v) is 2.95. The van der Waals surface area contributed by atoms with Crippen molar-refractivity contribution in [3.05, 3.63) is 69.4 Å². The van der Waals surface area contributed by atoms with Crippen LogP contribution in [0.1, 0.15) is 32.7 Å². The predicted molar refractivity (Wildman–Crippen MR) is 100 cm³/mol. The van der Waals surface area contributed by atoms with Gasteiger partial charge in [-0.3, -0.25) is 9.78 Å². The zero-order chi connectivity index (χ0) is 17.4. The molecule has 0 spiro atoms. The van der Waals surface area contributed by atoms with Gasteiger partial charge in [0.25, 0.3) is 5.91 Å². The number of anilines is 1. The summed E-state index contributed by atoms with van der Waals surface area (Å²) in [7, 11) is 0. The summed E-state index contributed by atoms with van der Waals surface area (Å²) >= 11 is 6.20.